The average Bonchev–Trinajstić information content (AvgIpc) is 3.06. The van der Waals surface area contributed by atoms with E-state index < -0.39 is 0 Å². The smallest absolute Gasteiger partial charge is 0.190 e. The van der Waals surface area contributed by atoms with Gasteiger partial charge in [0.15, 0.2) is 5.78 Å². The van der Waals surface area contributed by atoms with Crippen LogP contribution in [0, 0.1) is 11.8 Å². The van der Waals surface area contributed by atoms with Crippen LogP contribution in [0.5, 0.6) is 0 Å². The van der Waals surface area contributed by atoms with Gasteiger partial charge in [-0.2, -0.15) is 0 Å². The Morgan fingerprint density at radius 1 is 0.778 bits per heavy atom. The molecule has 0 heterocycles. The molecule has 0 saturated heterocycles. The minimum atomic E-state index is -0.0109. The normalized spacial score (nSPS) is 12.4. The van der Waals surface area contributed by atoms with E-state index in [1.807, 2.05) is 48.5 Å². The summed E-state index contributed by atoms with van der Waals surface area (Å²) in [6, 6.07) is 22.4. The molecule has 0 bridgehead atoms. The van der Waals surface area contributed by atoms with Crippen LogP contribution in [0.25, 0.3) is 5.57 Å². The van der Waals surface area contributed by atoms with Crippen molar-refractivity contribution < 1.29 is 4.79 Å². The zero-order valence-corrected chi connectivity index (χ0v) is 15.8. The highest BCUT2D eigenvalue weighted by atomic mass is 35.5. The molecule has 0 fully saturated rings. The molecule has 3 heteroatoms. The van der Waals surface area contributed by atoms with Crippen LogP contribution in [0.1, 0.15) is 27.0 Å². The molecule has 1 aliphatic carbocycles. The van der Waals surface area contributed by atoms with Gasteiger partial charge in [0.25, 0.3) is 0 Å². The molecule has 1 nitrogen and oxygen atoms in total. The van der Waals surface area contributed by atoms with Crippen molar-refractivity contribution in [1.82, 2.24) is 0 Å². The van der Waals surface area contributed by atoms with Crippen molar-refractivity contribution in [3.05, 3.63) is 111 Å². The van der Waals surface area contributed by atoms with E-state index in [9.17, 15) is 4.79 Å². The van der Waals surface area contributed by atoms with Gasteiger partial charge in [-0.3, -0.25) is 4.79 Å². The maximum absolute atomic E-state index is 13.1. The molecular formula is C24H14Cl2O. The zero-order chi connectivity index (χ0) is 18.8. The highest BCUT2D eigenvalue weighted by Crippen LogP contribution is 2.34. The number of rotatable bonds is 2. The third-order valence-electron chi connectivity index (χ3n) is 4.51. The number of Topliss-reactive ketones (excluding diaryl/α,β-unsaturated/α-hetero) is 1. The predicted octanol–water partition coefficient (Wildman–Crippen LogP) is 6.24. The Morgan fingerprint density at radius 2 is 1.41 bits per heavy atom. The van der Waals surface area contributed by atoms with Gasteiger partial charge in [0.05, 0.1) is 0 Å². The lowest BCUT2D eigenvalue weighted by molar-refractivity contribution is 0.103. The first-order chi connectivity index (χ1) is 13.1. The molecular weight excluding hydrogens is 375 g/mol. The van der Waals surface area contributed by atoms with Crippen LogP contribution >= 0.6 is 23.2 Å². The van der Waals surface area contributed by atoms with E-state index in [0.717, 1.165) is 27.8 Å². The fourth-order valence-electron chi connectivity index (χ4n) is 3.14. The summed E-state index contributed by atoms with van der Waals surface area (Å²) in [5.74, 6) is 6.37. The Bertz CT molecular complexity index is 1110. The average molecular weight is 389 g/mol. The molecule has 0 atom stereocenters. The summed E-state index contributed by atoms with van der Waals surface area (Å²) >= 11 is 11.9. The van der Waals surface area contributed by atoms with Gasteiger partial charge in [-0.15, -0.1) is 0 Å². The van der Waals surface area contributed by atoms with Gasteiger partial charge in [-0.05, 0) is 59.7 Å². The fraction of sp³-hybridized carbons (Fsp3) is 0.0417. The number of hydrogen-bond donors (Lipinski definition) is 0. The quantitative estimate of drug-likeness (QED) is 0.375. The van der Waals surface area contributed by atoms with E-state index in [4.69, 9.17) is 23.2 Å². The molecule has 4 rings (SSSR count). The monoisotopic (exact) mass is 388 g/mol. The molecule has 0 aliphatic heterocycles. The lowest BCUT2D eigenvalue weighted by atomic mass is 9.99. The Kier molecular flexibility index (Phi) is 4.86. The Hall–Kier alpha value is -2.79. The van der Waals surface area contributed by atoms with Crippen molar-refractivity contribution in [2.75, 3.05) is 0 Å². The third kappa shape index (κ3) is 3.69. The van der Waals surface area contributed by atoms with Crippen molar-refractivity contribution in [3.8, 4) is 11.8 Å². The van der Waals surface area contributed by atoms with Crippen molar-refractivity contribution in [1.29, 1.82) is 0 Å². The zero-order valence-electron chi connectivity index (χ0n) is 14.3. The van der Waals surface area contributed by atoms with Gasteiger partial charge >= 0.3 is 0 Å². The van der Waals surface area contributed by atoms with E-state index in [0.29, 0.717) is 22.0 Å². The molecule has 1 aliphatic rings. The van der Waals surface area contributed by atoms with Crippen molar-refractivity contribution in [2.45, 2.75) is 6.42 Å². The van der Waals surface area contributed by atoms with Gasteiger partial charge in [-0.25, -0.2) is 0 Å². The van der Waals surface area contributed by atoms with E-state index in [1.54, 1.807) is 24.3 Å². The second-order valence-electron chi connectivity index (χ2n) is 6.28. The van der Waals surface area contributed by atoms with Crippen LogP contribution < -0.4 is 0 Å². The van der Waals surface area contributed by atoms with Gasteiger partial charge in [0.2, 0.25) is 0 Å². The molecule has 0 saturated carbocycles. The van der Waals surface area contributed by atoms with E-state index in [2.05, 4.69) is 11.8 Å². The van der Waals surface area contributed by atoms with Crippen molar-refractivity contribution >= 4 is 34.6 Å². The summed E-state index contributed by atoms with van der Waals surface area (Å²) in [6.07, 6.45) is 0.586. The summed E-state index contributed by atoms with van der Waals surface area (Å²) in [4.78, 5) is 13.1. The van der Waals surface area contributed by atoms with Crippen LogP contribution in [0.15, 0.2) is 78.4 Å². The van der Waals surface area contributed by atoms with Crippen LogP contribution in [0.2, 0.25) is 10.0 Å². The van der Waals surface area contributed by atoms with Gasteiger partial charge < -0.3 is 0 Å². The largest absolute Gasteiger partial charge is 0.289 e. The standard InChI is InChI=1S/C24H14Cl2O/c25-19-10-5-16(6-11-19)7-14-22-21-4-2-1-3-18(21)15-23(22)24(27)17-8-12-20(26)13-9-17/h1-6,8-13H,15H2. The van der Waals surface area contributed by atoms with Crippen LogP contribution in [0.4, 0.5) is 0 Å². The molecule has 0 N–H and O–H groups in total. The SMILES string of the molecule is O=C(C1=C(C#Cc2ccc(Cl)cc2)c2ccccc2C1)c1ccc(Cl)cc1. The second-order valence-corrected chi connectivity index (χ2v) is 7.15. The second kappa shape index (κ2) is 7.45. The molecule has 130 valence electrons. The lowest BCUT2D eigenvalue weighted by Gasteiger charge is -2.03. The van der Waals surface area contributed by atoms with E-state index in [1.165, 1.54) is 0 Å². The number of allylic oxidation sites excluding steroid dienone is 2. The molecule has 27 heavy (non-hydrogen) atoms. The first kappa shape index (κ1) is 17.6. The Morgan fingerprint density at radius 3 is 2.11 bits per heavy atom. The number of fused-ring (bicyclic) bond motifs is 1. The van der Waals surface area contributed by atoms with Crippen molar-refractivity contribution in [2.24, 2.45) is 0 Å². The first-order valence-electron chi connectivity index (χ1n) is 8.51. The topological polar surface area (TPSA) is 17.1 Å². The van der Waals surface area contributed by atoms with Gasteiger partial charge in [0, 0.05) is 38.7 Å². The summed E-state index contributed by atoms with van der Waals surface area (Å²) in [7, 11) is 0. The van der Waals surface area contributed by atoms with Crippen LogP contribution in [-0.2, 0) is 6.42 Å². The number of hydrogen-bond acceptors (Lipinski definition) is 1. The number of halogens is 2. The van der Waals surface area contributed by atoms with Gasteiger partial charge in [0.1, 0.15) is 0 Å². The summed E-state index contributed by atoms with van der Waals surface area (Å²) in [5.41, 5.74) is 5.13. The first-order valence-corrected chi connectivity index (χ1v) is 9.27. The minimum Gasteiger partial charge on any atom is -0.289 e. The highest BCUT2D eigenvalue weighted by Gasteiger charge is 2.25. The van der Waals surface area contributed by atoms with Crippen LogP contribution in [0.3, 0.4) is 0 Å². The molecule has 0 amide bonds. The number of carbonyl (C=O) groups excluding carboxylic acids is 1. The summed E-state index contributed by atoms with van der Waals surface area (Å²) in [6.45, 7) is 0. The summed E-state index contributed by atoms with van der Waals surface area (Å²) in [5, 5.41) is 1.28. The molecule has 3 aromatic carbocycles. The number of carbonyl (C=O) groups is 1. The fourth-order valence-corrected chi connectivity index (χ4v) is 3.39. The lowest BCUT2D eigenvalue weighted by Crippen LogP contribution is -2.04. The molecule has 0 spiro atoms. The maximum Gasteiger partial charge on any atom is 0.190 e. The molecule has 0 radical (unpaired) electrons. The third-order valence-corrected chi connectivity index (χ3v) is 5.02. The van der Waals surface area contributed by atoms with Gasteiger partial charge in [-0.1, -0.05) is 59.3 Å². The van der Waals surface area contributed by atoms with Crippen LogP contribution in [-0.4, -0.2) is 5.78 Å². The molecule has 0 unspecified atom stereocenters. The van der Waals surface area contributed by atoms with Crippen molar-refractivity contribution in [3.63, 3.8) is 0 Å². The maximum atomic E-state index is 13.1. The summed E-state index contributed by atoms with van der Waals surface area (Å²) < 4.78 is 0. The van der Waals surface area contributed by atoms with E-state index >= 15 is 0 Å². The Balaban J connectivity index is 1.78. The molecule has 0 aromatic heterocycles. The Labute approximate surface area is 168 Å². The van der Waals surface area contributed by atoms with E-state index in [-0.39, 0.29) is 5.78 Å². The molecule has 3 aromatic rings. The number of ketones is 1. The minimum absolute atomic E-state index is 0.0109. The predicted molar refractivity (Wildman–Crippen MR) is 111 cm³/mol. The number of benzene rings is 3. The highest BCUT2D eigenvalue weighted by molar-refractivity contribution is 6.31.